The Hall–Kier alpha value is -2.25. The summed E-state index contributed by atoms with van der Waals surface area (Å²) in [7, 11) is -3.44. The molecule has 46 heavy (non-hydrogen) atoms. The van der Waals surface area contributed by atoms with Gasteiger partial charge in [0.25, 0.3) is 0 Å². The number of esters is 1. The van der Waals surface area contributed by atoms with Gasteiger partial charge in [-0.1, -0.05) is 33.3 Å². The van der Waals surface area contributed by atoms with Crippen molar-refractivity contribution in [3.8, 4) is 0 Å². The number of fused-ring (bicyclic) bond motifs is 7. The molecule has 9 nitrogen and oxygen atoms in total. The normalized spacial score (nSPS) is 43.1. The average Bonchev–Trinajstić information content (AvgIpc) is 2.97. The molecule has 5 aliphatic carbocycles. The van der Waals surface area contributed by atoms with Crippen molar-refractivity contribution in [3.05, 3.63) is 23.5 Å². The van der Waals surface area contributed by atoms with Gasteiger partial charge in [0.2, 0.25) is 0 Å². The van der Waals surface area contributed by atoms with Crippen molar-refractivity contribution in [2.24, 2.45) is 50.7 Å². The van der Waals surface area contributed by atoms with E-state index in [-0.39, 0.29) is 35.3 Å². The van der Waals surface area contributed by atoms with Gasteiger partial charge in [-0.15, -0.1) is 0 Å². The third kappa shape index (κ3) is 4.68. The molecular formula is C33H45F3O9S. The number of aliphatic hydroxyl groups is 1. The van der Waals surface area contributed by atoms with E-state index in [1.54, 1.807) is 13.0 Å². The van der Waals surface area contributed by atoms with E-state index < -0.39 is 73.2 Å². The van der Waals surface area contributed by atoms with Gasteiger partial charge in [0.05, 0.1) is 36.2 Å². The van der Waals surface area contributed by atoms with Crippen molar-refractivity contribution in [1.82, 2.24) is 0 Å². The molecule has 5 aliphatic rings. The zero-order valence-electron chi connectivity index (χ0n) is 27.5. The van der Waals surface area contributed by atoms with Crippen LogP contribution >= 0.6 is 0 Å². The number of methoxy groups -OCH3 is 2. The first-order valence-corrected chi connectivity index (χ1v) is 17.2. The van der Waals surface area contributed by atoms with Gasteiger partial charge in [-0.2, -0.15) is 21.6 Å². The molecule has 0 aliphatic heterocycles. The van der Waals surface area contributed by atoms with Crippen LogP contribution in [0, 0.1) is 50.7 Å². The van der Waals surface area contributed by atoms with E-state index in [2.05, 4.69) is 25.0 Å². The molecule has 0 aromatic carbocycles. The second-order valence-corrected chi connectivity index (χ2v) is 17.2. The molecule has 0 heterocycles. The predicted octanol–water partition coefficient (Wildman–Crippen LogP) is 5.28. The number of carbonyl (C=O) groups excluding carboxylic acids is 3. The van der Waals surface area contributed by atoms with Crippen molar-refractivity contribution in [2.75, 3.05) is 20.8 Å². The Balaban J connectivity index is 1.67. The highest BCUT2D eigenvalue weighted by Crippen LogP contribution is 2.71. The number of hydrogen-bond donors (Lipinski definition) is 1. The van der Waals surface area contributed by atoms with E-state index in [4.69, 9.17) is 9.47 Å². The third-order valence-electron chi connectivity index (χ3n) is 12.9. The SMILES string of the molecule is COC(=O)[C@]12CCC(C)(C)C[C@H]1[C@H]1C(=O)C=C3[C@@H](CC[C@@H]4[C@]3(C)[C@H](OC)/C(=C\OS(=O)(=O)C(F)(F)F)C(=O)[C@]4(C)CO)[C@]1(C)CC2. The maximum atomic E-state index is 14.5. The molecular weight excluding hydrogens is 629 g/mol. The molecule has 4 saturated carbocycles. The quantitative estimate of drug-likeness (QED) is 0.136. The zero-order chi connectivity index (χ0) is 34.5. The lowest BCUT2D eigenvalue weighted by Gasteiger charge is -2.66. The van der Waals surface area contributed by atoms with Crippen LogP contribution in [-0.2, 0) is 38.2 Å². The summed E-state index contributed by atoms with van der Waals surface area (Å²) in [6.45, 7) is 8.98. The number of carbonyl (C=O) groups is 3. The smallest absolute Gasteiger partial charge is 0.469 e. The van der Waals surface area contributed by atoms with Gasteiger partial charge in [0.15, 0.2) is 11.6 Å². The van der Waals surface area contributed by atoms with Crippen molar-refractivity contribution >= 4 is 27.7 Å². The first kappa shape index (κ1) is 35.1. The minimum absolute atomic E-state index is 0.0986. The van der Waals surface area contributed by atoms with E-state index in [1.807, 2.05) is 0 Å². The number of ketones is 2. The molecule has 0 bridgehead atoms. The summed E-state index contributed by atoms with van der Waals surface area (Å²) in [5.74, 6) is -2.79. The van der Waals surface area contributed by atoms with Crippen LogP contribution in [-0.4, -0.2) is 63.5 Å². The maximum Gasteiger partial charge on any atom is 0.534 e. The second kappa shape index (κ2) is 10.9. The number of Topliss-reactive ketones (excluding diaryl/α,β-unsaturated/α-hetero) is 1. The summed E-state index contributed by atoms with van der Waals surface area (Å²) in [5.41, 5.74) is -9.75. The minimum Gasteiger partial charge on any atom is -0.469 e. The summed E-state index contributed by atoms with van der Waals surface area (Å²) < 4.78 is 78.6. The summed E-state index contributed by atoms with van der Waals surface area (Å²) in [6, 6.07) is 0. The molecule has 0 unspecified atom stereocenters. The van der Waals surface area contributed by atoms with Crippen molar-refractivity contribution in [3.63, 3.8) is 0 Å². The Labute approximate surface area is 268 Å². The highest BCUT2D eigenvalue weighted by Gasteiger charge is 2.70. The summed E-state index contributed by atoms with van der Waals surface area (Å²) in [4.78, 5) is 41.8. The lowest BCUT2D eigenvalue weighted by atomic mass is 9.37. The zero-order valence-corrected chi connectivity index (χ0v) is 28.3. The highest BCUT2D eigenvalue weighted by molar-refractivity contribution is 7.87. The number of rotatable bonds is 5. The van der Waals surface area contributed by atoms with Crippen LogP contribution < -0.4 is 0 Å². The number of aliphatic hydroxyl groups excluding tert-OH is 1. The molecule has 0 spiro atoms. The number of allylic oxidation sites excluding steroid dienone is 1. The monoisotopic (exact) mass is 674 g/mol. The fourth-order valence-corrected chi connectivity index (χ4v) is 10.9. The molecule has 0 saturated heterocycles. The maximum absolute atomic E-state index is 14.5. The number of alkyl halides is 3. The van der Waals surface area contributed by atoms with Gasteiger partial charge in [-0.25, -0.2) is 0 Å². The Morgan fingerprint density at radius 3 is 2.24 bits per heavy atom. The molecule has 0 aromatic heterocycles. The second-order valence-electron chi connectivity index (χ2n) is 15.7. The van der Waals surface area contributed by atoms with E-state index in [9.17, 15) is 41.1 Å². The largest absolute Gasteiger partial charge is 0.534 e. The summed E-state index contributed by atoms with van der Waals surface area (Å²) in [6.07, 6.45) is 4.81. The number of hydrogen-bond acceptors (Lipinski definition) is 9. The van der Waals surface area contributed by atoms with Crippen LogP contribution in [0.15, 0.2) is 23.5 Å². The van der Waals surface area contributed by atoms with Crippen LogP contribution in [0.3, 0.4) is 0 Å². The fourth-order valence-electron chi connectivity index (χ4n) is 10.6. The van der Waals surface area contributed by atoms with Gasteiger partial charge in [-0.3, -0.25) is 14.4 Å². The molecule has 9 atom stereocenters. The van der Waals surface area contributed by atoms with Crippen molar-refractivity contribution < 1.29 is 54.7 Å². The molecule has 0 amide bonds. The molecule has 1 N–H and O–H groups in total. The fraction of sp³-hybridized carbons (Fsp3) is 0.788. The van der Waals surface area contributed by atoms with Crippen LogP contribution in [0.25, 0.3) is 0 Å². The number of halogens is 3. The Morgan fingerprint density at radius 1 is 1.04 bits per heavy atom. The lowest BCUT2D eigenvalue weighted by molar-refractivity contribution is -0.186. The number of ether oxygens (including phenoxy) is 2. The molecule has 0 aromatic rings. The van der Waals surface area contributed by atoms with E-state index in [0.29, 0.717) is 44.1 Å². The minimum atomic E-state index is -6.09. The summed E-state index contributed by atoms with van der Waals surface area (Å²) >= 11 is 0. The lowest BCUT2D eigenvalue weighted by Crippen LogP contribution is -2.66. The molecule has 4 fully saturated rings. The molecule has 258 valence electrons. The van der Waals surface area contributed by atoms with Crippen LogP contribution in [0.2, 0.25) is 0 Å². The predicted molar refractivity (Wildman–Crippen MR) is 159 cm³/mol. The van der Waals surface area contributed by atoms with Gasteiger partial charge in [0.1, 0.15) is 6.26 Å². The third-order valence-corrected chi connectivity index (χ3v) is 13.9. The van der Waals surface area contributed by atoms with Gasteiger partial charge in [-0.05, 0) is 86.5 Å². The molecule has 13 heteroatoms. The van der Waals surface area contributed by atoms with Gasteiger partial charge < -0.3 is 18.8 Å². The van der Waals surface area contributed by atoms with Crippen LogP contribution in [0.4, 0.5) is 13.2 Å². The highest BCUT2D eigenvalue weighted by atomic mass is 32.2. The first-order chi connectivity index (χ1) is 21.1. The van der Waals surface area contributed by atoms with Crippen LogP contribution in [0.1, 0.15) is 79.6 Å². The Morgan fingerprint density at radius 2 is 1.67 bits per heavy atom. The molecule has 5 rings (SSSR count). The van der Waals surface area contributed by atoms with E-state index in [0.717, 1.165) is 6.42 Å². The topological polar surface area (TPSA) is 133 Å². The van der Waals surface area contributed by atoms with Crippen molar-refractivity contribution in [2.45, 2.75) is 91.2 Å². The van der Waals surface area contributed by atoms with Crippen molar-refractivity contribution in [1.29, 1.82) is 0 Å². The van der Waals surface area contributed by atoms with Gasteiger partial charge >= 0.3 is 21.6 Å². The van der Waals surface area contributed by atoms with Gasteiger partial charge in [0, 0.05) is 18.4 Å². The first-order valence-electron chi connectivity index (χ1n) is 15.8. The Kier molecular flexibility index (Phi) is 8.30. The van der Waals surface area contributed by atoms with E-state index in [1.165, 1.54) is 21.1 Å². The summed E-state index contributed by atoms with van der Waals surface area (Å²) in [5, 5.41) is 10.6. The van der Waals surface area contributed by atoms with Crippen LogP contribution in [0.5, 0.6) is 0 Å². The molecule has 0 radical (unpaired) electrons. The van der Waals surface area contributed by atoms with E-state index >= 15 is 0 Å². The average molecular weight is 675 g/mol. The Bertz CT molecular complexity index is 1500. The standard InChI is InChI=1S/C33H45F3O9S/c1-28(2)10-12-32(27(40)44-7)13-11-29(3)19-8-9-23-30(4,17-37)25(39)18(16-45-46(41,42)33(34,35)36)26(43-6)31(23,5)20(19)14-22(38)24(29)21(32)15-28/h14,16,19,21,23-24,26,37H,8-13,15,17H2,1-7H3/b18-16-/t19-,21+,23+,24+,26-,29+,30-,31-,32+/m1/s1.